The van der Waals surface area contributed by atoms with Crippen molar-refractivity contribution in [3.05, 3.63) is 29.7 Å². The summed E-state index contributed by atoms with van der Waals surface area (Å²) in [5.74, 6) is 1.95. The number of nitrogens with zero attached hydrogens (tertiary/aromatic N) is 3. The summed E-state index contributed by atoms with van der Waals surface area (Å²) in [6.45, 7) is 1.40. The van der Waals surface area contributed by atoms with Gasteiger partial charge in [0, 0.05) is 12.5 Å². The minimum atomic E-state index is 0.213. The van der Waals surface area contributed by atoms with Crippen molar-refractivity contribution in [2.45, 2.75) is 12.3 Å². The minimum absolute atomic E-state index is 0.213. The predicted molar refractivity (Wildman–Crippen MR) is 71.3 cm³/mol. The van der Waals surface area contributed by atoms with Gasteiger partial charge < -0.3 is 13.7 Å². The van der Waals surface area contributed by atoms with Crippen LogP contribution in [0.4, 0.5) is 0 Å². The lowest BCUT2D eigenvalue weighted by Gasteiger charge is -1.97. The van der Waals surface area contributed by atoms with Crippen LogP contribution in [0.15, 0.2) is 32.8 Å². The number of ether oxygens (including phenoxy) is 1. The van der Waals surface area contributed by atoms with Crippen LogP contribution >= 0.6 is 11.3 Å². The molecule has 20 heavy (non-hydrogen) atoms. The normalized spacial score (nSPS) is 18.7. The molecule has 1 aliphatic rings. The Morgan fingerprint density at radius 2 is 2.35 bits per heavy atom. The van der Waals surface area contributed by atoms with Crippen LogP contribution in [0.1, 0.15) is 18.2 Å². The maximum Gasteiger partial charge on any atom is 0.280 e. The van der Waals surface area contributed by atoms with Crippen LogP contribution in [0.25, 0.3) is 22.2 Å². The molecule has 1 saturated heterocycles. The van der Waals surface area contributed by atoms with E-state index in [-0.39, 0.29) is 5.92 Å². The summed E-state index contributed by atoms with van der Waals surface area (Å²) in [5.41, 5.74) is 0.588. The quantitative estimate of drug-likeness (QED) is 0.738. The number of aromatic nitrogens is 3. The Balaban J connectivity index is 1.70. The highest BCUT2D eigenvalue weighted by Gasteiger charge is 2.25. The number of thiophene rings is 1. The lowest BCUT2D eigenvalue weighted by molar-refractivity contribution is 0.192. The zero-order chi connectivity index (χ0) is 13.4. The van der Waals surface area contributed by atoms with Gasteiger partial charge in [-0.25, -0.2) is 4.98 Å². The van der Waals surface area contributed by atoms with Gasteiger partial charge in [0.25, 0.3) is 5.89 Å². The lowest BCUT2D eigenvalue weighted by atomic mass is 10.1. The molecule has 0 aliphatic carbocycles. The Bertz CT molecular complexity index is 698. The molecule has 1 aliphatic heterocycles. The van der Waals surface area contributed by atoms with Gasteiger partial charge in [-0.1, -0.05) is 11.2 Å². The Hall–Kier alpha value is -1.99. The molecule has 0 spiro atoms. The molecular formula is C13H11N3O3S. The summed E-state index contributed by atoms with van der Waals surface area (Å²) in [6, 6.07) is 3.93. The monoisotopic (exact) mass is 289 g/mol. The van der Waals surface area contributed by atoms with Gasteiger partial charge in [-0.15, -0.1) is 11.3 Å². The molecule has 0 radical (unpaired) electrons. The fraction of sp³-hybridized carbons (Fsp3) is 0.308. The Morgan fingerprint density at radius 3 is 3.15 bits per heavy atom. The Morgan fingerprint density at radius 1 is 1.35 bits per heavy atom. The van der Waals surface area contributed by atoms with E-state index in [2.05, 4.69) is 15.1 Å². The Kier molecular flexibility index (Phi) is 2.86. The molecule has 0 bridgehead atoms. The molecule has 1 atom stereocenters. The van der Waals surface area contributed by atoms with Crippen molar-refractivity contribution in [2.24, 2.45) is 0 Å². The van der Waals surface area contributed by atoms with Crippen LogP contribution in [0, 0.1) is 0 Å². The largest absolute Gasteiger partial charge is 0.442 e. The lowest BCUT2D eigenvalue weighted by Crippen LogP contribution is -1.99. The van der Waals surface area contributed by atoms with Gasteiger partial charge in [0.05, 0.1) is 11.5 Å². The van der Waals surface area contributed by atoms with Crippen molar-refractivity contribution in [1.82, 2.24) is 15.1 Å². The van der Waals surface area contributed by atoms with E-state index < -0.39 is 0 Å². The molecule has 6 nitrogen and oxygen atoms in total. The summed E-state index contributed by atoms with van der Waals surface area (Å²) >= 11 is 1.58. The topological polar surface area (TPSA) is 74.2 Å². The fourth-order valence-electron chi connectivity index (χ4n) is 2.22. The van der Waals surface area contributed by atoms with E-state index >= 15 is 0 Å². The van der Waals surface area contributed by atoms with Gasteiger partial charge in [-0.2, -0.15) is 4.98 Å². The number of hydrogen-bond acceptors (Lipinski definition) is 7. The predicted octanol–water partition coefficient (Wildman–Crippen LogP) is 2.96. The van der Waals surface area contributed by atoms with Gasteiger partial charge in [-0.05, 0) is 17.9 Å². The van der Waals surface area contributed by atoms with Crippen LogP contribution in [-0.2, 0) is 4.74 Å². The second-order valence-corrected chi connectivity index (χ2v) is 5.47. The number of hydrogen-bond donors (Lipinski definition) is 0. The minimum Gasteiger partial charge on any atom is -0.442 e. The molecule has 3 aromatic rings. The van der Waals surface area contributed by atoms with Crippen molar-refractivity contribution in [1.29, 1.82) is 0 Å². The summed E-state index contributed by atoms with van der Waals surface area (Å²) in [6.07, 6.45) is 2.32. The zero-order valence-corrected chi connectivity index (χ0v) is 11.3. The van der Waals surface area contributed by atoms with Gasteiger partial charge in [-0.3, -0.25) is 0 Å². The van der Waals surface area contributed by atoms with E-state index in [9.17, 15) is 0 Å². The van der Waals surface area contributed by atoms with Crippen LogP contribution in [0.2, 0.25) is 0 Å². The van der Waals surface area contributed by atoms with Gasteiger partial charge in [0.2, 0.25) is 0 Å². The third-order valence-electron chi connectivity index (χ3n) is 3.25. The molecule has 7 heteroatoms. The van der Waals surface area contributed by atoms with E-state index in [1.54, 1.807) is 11.3 Å². The summed E-state index contributed by atoms with van der Waals surface area (Å²) < 4.78 is 16.1. The van der Waals surface area contributed by atoms with Crippen molar-refractivity contribution in [3.63, 3.8) is 0 Å². The van der Waals surface area contributed by atoms with Crippen molar-refractivity contribution < 1.29 is 13.7 Å². The average Bonchev–Trinajstić information content (AvgIpc) is 3.23. The van der Waals surface area contributed by atoms with Gasteiger partial charge in [0.15, 0.2) is 23.7 Å². The summed E-state index contributed by atoms with van der Waals surface area (Å²) in [4.78, 5) is 9.61. The maximum absolute atomic E-state index is 5.45. The molecule has 0 amide bonds. The molecule has 1 fully saturated rings. The molecule has 0 aromatic carbocycles. The first kappa shape index (κ1) is 11.8. The molecule has 4 heterocycles. The van der Waals surface area contributed by atoms with Crippen molar-refractivity contribution >= 4 is 11.3 Å². The first-order chi connectivity index (χ1) is 9.92. The van der Waals surface area contributed by atoms with E-state index in [1.807, 2.05) is 17.5 Å². The molecule has 0 N–H and O–H groups in total. The standard InChI is InChI=1S/C13H11N3O3S/c1-2-9(20-5-1)11-10(14-7-18-11)13-15-12(16-19-13)8-3-4-17-6-8/h1-2,5,7-8H,3-4,6H2/t8-/m0/s1. The zero-order valence-electron chi connectivity index (χ0n) is 10.5. The molecule has 0 saturated carbocycles. The van der Waals surface area contributed by atoms with Crippen LogP contribution < -0.4 is 0 Å². The first-order valence-electron chi connectivity index (χ1n) is 6.31. The van der Waals surface area contributed by atoms with E-state index in [1.165, 1.54) is 6.39 Å². The van der Waals surface area contributed by atoms with Crippen LogP contribution in [0.3, 0.4) is 0 Å². The van der Waals surface area contributed by atoms with E-state index in [0.29, 0.717) is 29.8 Å². The molecule has 0 unspecified atom stereocenters. The van der Waals surface area contributed by atoms with Gasteiger partial charge in [0.1, 0.15) is 0 Å². The highest BCUT2D eigenvalue weighted by atomic mass is 32.1. The second kappa shape index (κ2) is 4.84. The highest BCUT2D eigenvalue weighted by Crippen LogP contribution is 2.34. The Labute approximate surface area is 118 Å². The van der Waals surface area contributed by atoms with Crippen LogP contribution in [0.5, 0.6) is 0 Å². The molecule has 4 rings (SSSR count). The van der Waals surface area contributed by atoms with Crippen molar-refractivity contribution in [3.8, 4) is 22.2 Å². The summed E-state index contributed by atoms with van der Waals surface area (Å²) in [5, 5.41) is 6.02. The average molecular weight is 289 g/mol. The second-order valence-electron chi connectivity index (χ2n) is 4.53. The first-order valence-corrected chi connectivity index (χ1v) is 7.19. The number of oxazole rings is 1. The fourth-order valence-corrected chi connectivity index (χ4v) is 2.93. The van der Waals surface area contributed by atoms with Crippen molar-refractivity contribution in [2.75, 3.05) is 13.2 Å². The van der Waals surface area contributed by atoms with Crippen LogP contribution in [-0.4, -0.2) is 28.3 Å². The van der Waals surface area contributed by atoms with Gasteiger partial charge >= 0.3 is 0 Å². The molecule has 102 valence electrons. The maximum atomic E-state index is 5.45. The smallest absolute Gasteiger partial charge is 0.280 e. The molecule has 3 aromatic heterocycles. The van der Waals surface area contributed by atoms with E-state index in [0.717, 1.165) is 17.9 Å². The summed E-state index contributed by atoms with van der Waals surface area (Å²) in [7, 11) is 0. The third kappa shape index (κ3) is 1.95. The molecular weight excluding hydrogens is 278 g/mol. The third-order valence-corrected chi connectivity index (χ3v) is 4.12. The van der Waals surface area contributed by atoms with E-state index in [4.69, 9.17) is 13.7 Å². The number of rotatable bonds is 3. The highest BCUT2D eigenvalue weighted by molar-refractivity contribution is 7.13. The SMILES string of the molecule is c1csc(-c2ocnc2-c2nc([C@H]3CCOC3)no2)c1.